The fourth-order valence-corrected chi connectivity index (χ4v) is 2.79. The molecule has 0 saturated heterocycles. The van der Waals surface area contributed by atoms with Crippen molar-refractivity contribution in [2.75, 3.05) is 13.7 Å². The van der Waals surface area contributed by atoms with Crippen molar-refractivity contribution in [3.63, 3.8) is 0 Å². The molecule has 0 saturated carbocycles. The van der Waals surface area contributed by atoms with Crippen molar-refractivity contribution in [1.29, 1.82) is 0 Å². The summed E-state index contributed by atoms with van der Waals surface area (Å²) in [6, 6.07) is 7.91. The zero-order valence-electron chi connectivity index (χ0n) is 12.3. The summed E-state index contributed by atoms with van der Waals surface area (Å²) in [5, 5.41) is 0.907. The van der Waals surface area contributed by atoms with E-state index in [1.165, 1.54) is 11.5 Å². The van der Waals surface area contributed by atoms with Crippen LogP contribution in [0.1, 0.15) is 41.7 Å². The number of hydrogen-bond acceptors (Lipinski definition) is 6. The summed E-state index contributed by atoms with van der Waals surface area (Å²) in [4.78, 5) is 4.55. The largest absolute Gasteiger partial charge is 0.497 e. The molecule has 2 rings (SSSR count). The smallest absolute Gasteiger partial charge is 0.147 e. The topological polar surface area (TPSA) is 87.0 Å². The molecule has 5 nitrogen and oxygen atoms in total. The molecule has 21 heavy (non-hydrogen) atoms. The molecule has 0 bridgehead atoms. The molecule has 4 N–H and O–H groups in total. The monoisotopic (exact) mass is 306 g/mol. The van der Waals surface area contributed by atoms with Crippen LogP contribution in [0.5, 0.6) is 5.75 Å². The van der Waals surface area contributed by atoms with E-state index >= 15 is 0 Å². The standard InChI is InChI=1S/C15H22N4OS/c1-20-12-6-4-5-11(9-12)10-14-18-15(21-19-14)13(17)7-2-3-8-16/h4-6,9,13H,2-3,7-8,10,16-17H2,1H3. The van der Waals surface area contributed by atoms with E-state index in [4.69, 9.17) is 16.2 Å². The van der Waals surface area contributed by atoms with Gasteiger partial charge >= 0.3 is 0 Å². The van der Waals surface area contributed by atoms with Crippen LogP contribution in [0.15, 0.2) is 24.3 Å². The molecule has 0 radical (unpaired) electrons. The van der Waals surface area contributed by atoms with Crippen molar-refractivity contribution in [2.24, 2.45) is 11.5 Å². The summed E-state index contributed by atoms with van der Waals surface area (Å²) in [6.45, 7) is 0.712. The second-order valence-electron chi connectivity index (χ2n) is 4.97. The maximum absolute atomic E-state index is 6.14. The Kier molecular flexibility index (Phi) is 6.10. The van der Waals surface area contributed by atoms with Gasteiger partial charge in [0.15, 0.2) is 0 Å². The van der Waals surface area contributed by atoms with E-state index in [0.29, 0.717) is 13.0 Å². The molecule has 2 aromatic rings. The lowest BCUT2D eigenvalue weighted by molar-refractivity contribution is 0.414. The van der Waals surface area contributed by atoms with Gasteiger partial charge in [-0.2, -0.15) is 4.37 Å². The van der Waals surface area contributed by atoms with Gasteiger partial charge in [-0.05, 0) is 48.6 Å². The quantitative estimate of drug-likeness (QED) is 0.731. The number of ether oxygens (including phenoxy) is 1. The van der Waals surface area contributed by atoms with Crippen LogP contribution in [0.4, 0.5) is 0 Å². The van der Waals surface area contributed by atoms with Gasteiger partial charge in [0.1, 0.15) is 16.6 Å². The van der Waals surface area contributed by atoms with E-state index in [1.54, 1.807) is 7.11 Å². The number of benzene rings is 1. The molecule has 0 fully saturated rings. The van der Waals surface area contributed by atoms with Gasteiger partial charge in [0.25, 0.3) is 0 Å². The van der Waals surface area contributed by atoms with E-state index in [-0.39, 0.29) is 6.04 Å². The fraction of sp³-hybridized carbons (Fsp3) is 0.467. The number of nitrogens with two attached hydrogens (primary N) is 2. The van der Waals surface area contributed by atoms with Crippen LogP contribution in [0.25, 0.3) is 0 Å². The summed E-state index contributed by atoms with van der Waals surface area (Å²) < 4.78 is 9.62. The summed E-state index contributed by atoms with van der Waals surface area (Å²) in [7, 11) is 1.67. The predicted octanol–water partition coefficient (Wildman–Crippen LogP) is 2.27. The third-order valence-electron chi connectivity index (χ3n) is 3.27. The first-order chi connectivity index (χ1) is 10.2. The molecule has 6 heteroatoms. The van der Waals surface area contributed by atoms with Gasteiger partial charge in [-0.25, -0.2) is 4.98 Å². The molecular weight excluding hydrogens is 284 g/mol. The highest BCUT2D eigenvalue weighted by Crippen LogP contribution is 2.20. The predicted molar refractivity (Wildman–Crippen MR) is 85.5 cm³/mol. The lowest BCUT2D eigenvalue weighted by atomic mass is 10.1. The molecule has 0 amide bonds. The molecule has 0 spiro atoms. The third-order valence-corrected chi connectivity index (χ3v) is 4.15. The minimum atomic E-state index is -0.0342. The molecular formula is C15H22N4OS. The van der Waals surface area contributed by atoms with Gasteiger partial charge in [0, 0.05) is 6.42 Å². The molecule has 1 atom stereocenters. The minimum absolute atomic E-state index is 0.0342. The highest BCUT2D eigenvalue weighted by Gasteiger charge is 2.12. The van der Waals surface area contributed by atoms with Gasteiger partial charge in [-0.3, -0.25) is 0 Å². The number of hydrogen-bond donors (Lipinski definition) is 2. The highest BCUT2D eigenvalue weighted by atomic mass is 32.1. The van der Waals surface area contributed by atoms with Crippen LogP contribution in [0.3, 0.4) is 0 Å². The Morgan fingerprint density at radius 1 is 1.33 bits per heavy atom. The van der Waals surface area contributed by atoms with Crippen LogP contribution >= 0.6 is 11.5 Å². The van der Waals surface area contributed by atoms with Crippen molar-refractivity contribution in [2.45, 2.75) is 31.7 Å². The van der Waals surface area contributed by atoms with Gasteiger partial charge in [0.2, 0.25) is 0 Å². The van der Waals surface area contributed by atoms with E-state index in [1.807, 2.05) is 24.3 Å². The minimum Gasteiger partial charge on any atom is -0.497 e. The summed E-state index contributed by atoms with van der Waals surface area (Å²) in [6.07, 6.45) is 3.64. The Morgan fingerprint density at radius 3 is 2.95 bits per heavy atom. The molecule has 1 aromatic carbocycles. The molecule has 1 heterocycles. The second-order valence-corrected chi connectivity index (χ2v) is 5.75. The molecule has 0 aliphatic heterocycles. The first-order valence-corrected chi connectivity index (χ1v) is 7.91. The van der Waals surface area contributed by atoms with E-state index < -0.39 is 0 Å². The number of methoxy groups -OCH3 is 1. The van der Waals surface area contributed by atoms with E-state index in [2.05, 4.69) is 9.36 Å². The first kappa shape index (κ1) is 15.9. The van der Waals surface area contributed by atoms with Crippen LogP contribution in [-0.2, 0) is 6.42 Å². The Morgan fingerprint density at radius 2 is 2.19 bits per heavy atom. The molecule has 114 valence electrons. The average Bonchev–Trinajstić information content (AvgIpc) is 2.96. The summed E-state index contributed by atoms with van der Waals surface area (Å²) >= 11 is 1.40. The molecule has 0 aliphatic rings. The van der Waals surface area contributed by atoms with Gasteiger partial charge < -0.3 is 16.2 Å². The van der Waals surface area contributed by atoms with Crippen LogP contribution < -0.4 is 16.2 Å². The zero-order valence-corrected chi connectivity index (χ0v) is 13.1. The highest BCUT2D eigenvalue weighted by molar-refractivity contribution is 7.05. The van der Waals surface area contributed by atoms with Crippen molar-refractivity contribution < 1.29 is 4.74 Å². The SMILES string of the molecule is COc1cccc(Cc2nsc(C(N)CCCCN)n2)c1. The van der Waals surface area contributed by atoms with Gasteiger partial charge in [-0.15, -0.1) is 0 Å². The van der Waals surface area contributed by atoms with Crippen LogP contribution in [-0.4, -0.2) is 23.0 Å². The Bertz CT molecular complexity index is 558. The van der Waals surface area contributed by atoms with Crippen molar-refractivity contribution in [3.8, 4) is 5.75 Å². The fourth-order valence-electron chi connectivity index (χ4n) is 2.09. The lowest BCUT2D eigenvalue weighted by Crippen LogP contribution is -2.11. The number of unbranched alkanes of at least 4 members (excludes halogenated alkanes) is 1. The Labute approximate surface area is 129 Å². The summed E-state index contributed by atoms with van der Waals surface area (Å²) in [5.74, 6) is 1.67. The zero-order chi connectivity index (χ0) is 15.1. The maximum Gasteiger partial charge on any atom is 0.147 e. The van der Waals surface area contributed by atoms with E-state index in [9.17, 15) is 0 Å². The van der Waals surface area contributed by atoms with E-state index in [0.717, 1.165) is 41.4 Å². The lowest BCUT2D eigenvalue weighted by Gasteiger charge is -2.06. The maximum atomic E-state index is 6.14. The van der Waals surface area contributed by atoms with Gasteiger partial charge in [-0.1, -0.05) is 18.6 Å². The second kappa shape index (κ2) is 8.07. The first-order valence-electron chi connectivity index (χ1n) is 7.14. The number of aromatic nitrogens is 2. The van der Waals surface area contributed by atoms with Crippen molar-refractivity contribution >= 4 is 11.5 Å². The Balaban J connectivity index is 1.96. The van der Waals surface area contributed by atoms with Crippen LogP contribution in [0, 0.1) is 0 Å². The number of nitrogens with zero attached hydrogens (tertiary/aromatic N) is 2. The van der Waals surface area contributed by atoms with Gasteiger partial charge in [0.05, 0.1) is 13.2 Å². The average molecular weight is 306 g/mol. The van der Waals surface area contributed by atoms with Crippen LogP contribution in [0.2, 0.25) is 0 Å². The molecule has 0 aliphatic carbocycles. The summed E-state index contributed by atoms with van der Waals surface area (Å²) in [5.41, 5.74) is 12.8. The molecule has 1 aromatic heterocycles. The normalized spacial score (nSPS) is 12.3. The molecule has 1 unspecified atom stereocenters. The number of rotatable bonds is 8. The van der Waals surface area contributed by atoms with Crippen molar-refractivity contribution in [1.82, 2.24) is 9.36 Å². The third kappa shape index (κ3) is 4.77. The Hall–Kier alpha value is -1.50. The van der Waals surface area contributed by atoms with Crippen molar-refractivity contribution in [3.05, 3.63) is 40.7 Å².